The lowest BCUT2D eigenvalue weighted by Gasteiger charge is -2.32. The minimum absolute atomic E-state index is 0.0381. The molecule has 1 atom stereocenters. The van der Waals surface area contributed by atoms with Crippen LogP contribution in [-0.4, -0.2) is 44.3 Å². The predicted molar refractivity (Wildman–Crippen MR) is 152 cm³/mol. The Morgan fingerprint density at radius 3 is 2.07 bits per heavy atom. The minimum atomic E-state index is -4.87. The van der Waals surface area contributed by atoms with Crippen molar-refractivity contribution in [1.82, 2.24) is 10.2 Å². The van der Waals surface area contributed by atoms with Gasteiger partial charge in [0.05, 0.1) is 21.2 Å². The van der Waals surface area contributed by atoms with Gasteiger partial charge in [0.25, 0.3) is 10.0 Å². The first-order valence-corrected chi connectivity index (χ1v) is 14.6. The predicted octanol–water partition coefficient (Wildman–Crippen LogP) is 5.74. The van der Waals surface area contributed by atoms with Gasteiger partial charge in [-0.2, -0.15) is 13.2 Å². The maximum absolute atomic E-state index is 13.8. The van der Waals surface area contributed by atoms with E-state index in [1.807, 2.05) is 13.8 Å². The number of alkyl halides is 3. The molecule has 0 spiro atoms. The highest BCUT2D eigenvalue weighted by Gasteiger charge is 2.37. The molecule has 41 heavy (non-hydrogen) atoms. The lowest BCUT2D eigenvalue weighted by molar-refractivity contribution is -0.139. The Morgan fingerprint density at radius 2 is 1.51 bits per heavy atom. The molecule has 0 aliphatic heterocycles. The molecule has 0 unspecified atom stereocenters. The molecule has 0 saturated carbocycles. The molecule has 3 aromatic rings. The van der Waals surface area contributed by atoms with Crippen LogP contribution in [0.1, 0.15) is 31.9 Å². The largest absolute Gasteiger partial charge is 0.417 e. The van der Waals surface area contributed by atoms with Crippen LogP contribution in [0.3, 0.4) is 0 Å². The molecule has 0 aromatic heterocycles. The number of nitrogens with zero attached hydrogens (tertiary/aromatic N) is 2. The lowest BCUT2D eigenvalue weighted by Crippen LogP contribution is -2.51. The van der Waals surface area contributed by atoms with Crippen molar-refractivity contribution in [3.8, 4) is 0 Å². The van der Waals surface area contributed by atoms with Crippen LogP contribution in [-0.2, 0) is 32.3 Å². The smallest absolute Gasteiger partial charge is 0.354 e. The van der Waals surface area contributed by atoms with Gasteiger partial charge in [-0.15, -0.1) is 0 Å². The lowest BCUT2D eigenvalue weighted by atomic mass is 10.1. The highest BCUT2D eigenvalue weighted by molar-refractivity contribution is 7.92. The number of nitrogens with one attached hydrogen (secondary N) is 1. The monoisotopic (exact) mass is 609 g/mol. The molecule has 0 bridgehead atoms. The van der Waals surface area contributed by atoms with Crippen LogP contribution in [0.25, 0.3) is 0 Å². The summed E-state index contributed by atoms with van der Waals surface area (Å²) in [5, 5.41) is 2.15. The number of halogens is 4. The van der Waals surface area contributed by atoms with E-state index < -0.39 is 56.9 Å². The molecule has 0 heterocycles. The molecule has 12 heteroatoms. The molecule has 0 fully saturated rings. The van der Waals surface area contributed by atoms with Crippen molar-refractivity contribution in [3.05, 3.63) is 95.0 Å². The number of carbonyl (C=O) groups excluding carboxylic acids is 2. The van der Waals surface area contributed by atoms with E-state index in [0.29, 0.717) is 22.5 Å². The average Bonchev–Trinajstić information content (AvgIpc) is 2.93. The highest BCUT2D eigenvalue weighted by atomic mass is 35.5. The summed E-state index contributed by atoms with van der Waals surface area (Å²) in [4.78, 5) is 27.8. The molecule has 0 radical (unpaired) electrons. The van der Waals surface area contributed by atoms with Gasteiger partial charge in [-0.05, 0) is 48.7 Å². The summed E-state index contributed by atoms with van der Waals surface area (Å²) in [6.45, 7) is 4.78. The Labute approximate surface area is 243 Å². The molecule has 3 rings (SSSR count). The second kappa shape index (κ2) is 13.4. The van der Waals surface area contributed by atoms with Crippen LogP contribution in [0.2, 0.25) is 5.02 Å². The van der Waals surface area contributed by atoms with Crippen LogP contribution >= 0.6 is 11.6 Å². The van der Waals surface area contributed by atoms with Crippen LogP contribution in [0.5, 0.6) is 0 Å². The summed E-state index contributed by atoms with van der Waals surface area (Å²) < 4.78 is 69.2. The van der Waals surface area contributed by atoms with E-state index in [4.69, 9.17) is 11.6 Å². The Kier molecular flexibility index (Phi) is 10.4. The number of rotatable bonds is 11. The summed E-state index contributed by atoms with van der Waals surface area (Å²) in [5.74, 6) is -1.10. The van der Waals surface area contributed by atoms with Crippen molar-refractivity contribution in [2.75, 3.05) is 17.4 Å². The fourth-order valence-corrected chi connectivity index (χ4v) is 5.60. The van der Waals surface area contributed by atoms with Crippen LogP contribution in [0.4, 0.5) is 18.9 Å². The second-order valence-electron chi connectivity index (χ2n) is 9.81. The number of amides is 2. The Balaban J connectivity index is 2.08. The van der Waals surface area contributed by atoms with Crippen LogP contribution < -0.4 is 9.62 Å². The van der Waals surface area contributed by atoms with Gasteiger partial charge in [-0.3, -0.25) is 13.9 Å². The summed E-state index contributed by atoms with van der Waals surface area (Å²) in [5.41, 5.74) is -0.983. The number of carbonyl (C=O) groups is 2. The zero-order valence-corrected chi connectivity index (χ0v) is 24.3. The fraction of sp³-hybridized carbons (Fsp3) is 0.310. The Morgan fingerprint density at radius 1 is 0.927 bits per heavy atom. The highest BCUT2D eigenvalue weighted by Crippen LogP contribution is 2.38. The first kappa shape index (κ1) is 32.0. The minimum Gasteiger partial charge on any atom is -0.354 e. The first-order chi connectivity index (χ1) is 19.2. The number of benzene rings is 3. The zero-order chi connectivity index (χ0) is 30.4. The molecule has 7 nitrogen and oxygen atoms in total. The van der Waals surface area contributed by atoms with E-state index in [2.05, 4.69) is 5.32 Å². The summed E-state index contributed by atoms with van der Waals surface area (Å²) in [7, 11) is -4.52. The number of hydrogen-bond acceptors (Lipinski definition) is 4. The van der Waals surface area contributed by atoms with Crippen molar-refractivity contribution in [1.29, 1.82) is 0 Å². The third-order valence-electron chi connectivity index (χ3n) is 6.20. The van der Waals surface area contributed by atoms with Crippen molar-refractivity contribution >= 4 is 39.1 Å². The molecule has 0 aliphatic carbocycles. The van der Waals surface area contributed by atoms with Gasteiger partial charge >= 0.3 is 6.18 Å². The van der Waals surface area contributed by atoms with E-state index in [-0.39, 0.29) is 17.4 Å². The molecular formula is C29H31ClF3N3O4S. The molecular weight excluding hydrogens is 579 g/mol. The Bertz CT molecular complexity index is 1450. The van der Waals surface area contributed by atoms with Crippen molar-refractivity contribution in [2.24, 2.45) is 5.92 Å². The standard InChI is InChI=1S/C29H31ClF3N3O4S/c1-20(2)17-34-28(38)21(3)35(18-22-10-6-4-7-11-22)27(37)19-36(41(39,40)24-12-8-5-9-13-24)23-14-15-26(30)25(16-23)29(31,32)33/h4-16,20-21H,17-19H2,1-3H3,(H,34,38)/t21-/m1/s1. The maximum Gasteiger partial charge on any atom is 0.417 e. The van der Waals surface area contributed by atoms with Gasteiger partial charge in [0.2, 0.25) is 11.8 Å². The fourth-order valence-electron chi connectivity index (χ4n) is 3.95. The third-order valence-corrected chi connectivity index (χ3v) is 8.32. The van der Waals surface area contributed by atoms with E-state index in [9.17, 15) is 31.2 Å². The Hall–Kier alpha value is -3.57. The maximum atomic E-state index is 13.8. The summed E-state index contributed by atoms with van der Waals surface area (Å²) in [6.07, 6.45) is -4.87. The van der Waals surface area contributed by atoms with E-state index in [1.165, 1.54) is 36.1 Å². The van der Waals surface area contributed by atoms with Gasteiger partial charge in [0.1, 0.15) is 12.6 Å². The van der Waals surface area contributed by atoms with Gasteiger partial charge in [-0.25, -0.2) is 8.42 Å². The number of sulfonamides is 1. The van der Waals surface area contributed by atoms with Gasteiger partial charge in [0.15, 0.2) is 0 Å². The van der Waals surface area contributed by atoms with E-state index in [1.54, 1.807) is 36.4 Å². The average molecular weight is 610 g/mol. The quantitative estimate of drug-likeness (QED) is 0.300. The van der Waals surface area contributed by atoms with Gasteiger partial charge in [0, 0.05) is 13.1 Å². The molecule has 220 valence electrons. The normalized spacial score (nSPS) is 12.6. The van der Waals surface area contributed by atoms with E-state index >= 15 is 0 Å². The van der Waals surface area contributed by atoms with E-state index in [0.717, 1.165) is 12.1 Å². The number of hydrogen-bond donors (Lipinski definition) is 1. The SMILES string of the molecule is CC(C)CNC(=O)[C@@H](C)N(Cc1ccccc1)C(=O)CN(c1ccc(Cl)c(C(F)(F)F)c1)S(=O)(=O)c1ccccc1. The van der Waals surface area contributed by atoms with Crippen LogP contribution in [0.15, 0.2) is 83.8 Å². The van der Waals surface area contributed by atoms with Gasteiger partial charge in [-0.1, -0.05) is 74.0 Å². The van der Waals surface area contributed by atoms with Crippen molar-refractivity contribution < 1.29 is 31.2 Å². The molecule has 0 aliphatic rings. The van der Waals surface area contributed by atoms with Gasteiger partial charge < -0.3 is 10.2 Å². The van der Waals surface area contributed by atoms with Crippen molar-refractivity contribution in [3.63, 3.8) is 0 Å². The van der Waals surface area contributed by atoms with Crippen LogP contribution in [0, 0.1) is 5.92 Å². The second-order valence-corrected chi connectivity index (χ2v) is 12.1. The topological polar surface area (TPSA) is 86.8 Å². The molecule has 1 N–H and O–H groups in total. The molecule has 3 aromatic carbocycles. The zero-order valence-electron chi connectivity index (χ0n) is 22.7. The first-order valence-electron chi connectivity index (χ1n) is 12.8. The number of anilines is 1. The summed E-state index contributed by atoms with van der Waals surface area (Å²) >= 11 is 5.78. The summed E-state index contributed by atoms with van der Waals surface area (Å²) in [6, 6.07) is 17.4. The third kappa shape index (κ3) is 8.23. The van der Waals surface area contributed by atoms with Crippen molar-refractivity contribution in [2.45, 2.75) is 44.4 Å². The molecule has 0 saturated heterocycles. The molecule has 2 amide bonds.